The topological polar surface area (TPSA) is 87.9 Å². The SMILES string of the molecule is [Cu+2].c1csc(/N=c2\[n-]cc(CCOCCc3cnc(/N=c4\[n-]ccs4)s3)s2)n1. The molecular formula is C16H14CuN6OS4. The molecule has 0 spiro atoms. The van der Waals surface area contributed by atoms with Crippen molar-refractivity contribution in [1.82, 2.24) is 19.9 Å². The maximum absolute atomic E-state index is 5.75. The largest absolute Gasteiger partial charge is 2.00 e. The zero-order valence-corrected chi connectivity index (χ0v) is 18.5. The van der Waals surface area contributed by atoms with Crippen molar-refractivity contribution >= 4 is 55.6 Å². The van der Waals surface area contributed by atoms with Crippen molar-refractivity contribution < 1.29 is 21.8 Å². The van der Waals surface area contributed by atoms with Crippen molar-refractivity contribution in [3.05, 3.63) is 54.9 Å². The molecule has 0 N–H and O–H groups in total. The van der Waals surface area contributed by atoms with E-state index < -0.39 is 0 Å². The van der Waals surface area contributed by atoms with E-state index in [1.165, 1.54) is 22.7 Å². The summed E-state index contributed by atoms with van der Waals surface area (Å²) in [5, 5.41) is 5.28. The Balaban J connectivity index is 0.00000225. The van der Waals surface area contributed by atoms with Gasteiger partial charge in [0.2, 0.25) is 0 Å². The fourth-order valence-electron chi connectivity index (χ4n) is 2.08. The van der Waals surface area contributed by atoms with Gasteiger partial charge >= 0.3 is 17.1 Å². The Bertz CT molecular complexity index is 1070. The van der Waals surface area contributed by atoms with Crippen molar-refractivity contribution in [2.24, 2.45) is 9.98 Å². The maximum Gasteiger partial charge on any atom is 2.00 e. The summed E-state index contributed by atoms with van der Waals surface area (Å²) in [6, 6.07) is 0. The minimum atomic E-state index is 0. The predicted molar refractivity (Wildman–Crippen MR) is 108 cm³/mol. The number of hydrogen-bond donors (Lipinski definition) is 0. The quantitative estimate of drug-likeness (QED) is 0.276. The monoisotopic (exact) mass is 497 g/mol. The van der Waals surface area contributed by atoms with Crippen LogP contribution in [0.4, 0.5) is 10.3 Å². The molecule has 12 heteroatoms. The molecule has 4 aromatic rings. The Morgan fingerprint density at radius 1 is 0.893 bits per heavy atom. The van der Waals surface area contributed by atoms with E-state index in [0.717, 1.165) is 42.5 Å². The maximum atomic E-state index is 5.75. The van der Waals surface area contributed by atoms with E-state index in [1.54, 1.807) is 35.1 Å². The third kappa shape index (κ3) is 6.31. The van der Waals surface area contributed by atoms with Crippen molar-refractivity contribution in [2.75, 3.05) is 13.2 Å². The molecule has 0 atom stereocenters. The number of ether oxygens (including phenoxy) is 1. The third-order valence-electron chi connectivity index (χ3n) is 3.29. The molecule has 28 heavy (non-hydrogen) atoms. The fraction of sp³-hybridized carbons (Fsp3) is 0.250. The van der Waals surface area contributed by atoms with Gasteiger partial charge in [0, 0.05) is 45.2 Å². The van der Waals surface area contributed by atoms with Gasteiger partial charge in [-0.05, 0) is 10.2 Å². The Labute approximate surface area is 187 Å². The van der Waals surface area contributed by atoms with Gasteiger partial charge in [0.25, 0.3) is 0 Å². The molecule has 149 valence electrons. The molecule has 0 fully saturated rings. The zero-order chi connectivity index (χ0) is 18.3. The summed E-state index contributed by atoms with van der Waals surface area (Å²) in [6.45, 7) is 1.32. The number of rotatable bonds is 8. The molecule has 4 aromatic heterocycles. The second-order valence-electron chi connectivity index (χ2n) is 5.18. The third-order valence-corrected chi connectivity index (χ3v) is 6.52. The molecule has 0 aliphatic heterocycles. The summed E-state index contributed by atoms with van der Waals surface area (Å²) in [7, 11) is 0. The van der Waals surface area contributed by atoms with E-state index in [2.05, 4.69) is 29.9 Å². The van der Waals surface area contributed by atoms with E-state index in [0.29, 0.717) is 13.2 Å². The van der Waals surface area contributed by atoms with Gasteiger partial charge in [-0.3, -0.25) is 0 Å². The van der Waals surface area contributed by atoms with E-state index in [1.807, 2.05) is 23.2 Å². The van der Waals surface area contributed by atoms with Gasteiger partial charge in [0.1, 0.15) is 10.3 Å². The van der Waals surface area contributed by atoms with Crippen LogP contribution >= 0.6 is 45.3 Å². The van der Waals surface area contributed by atoms with Crippen LogP contribution in [0, 0.1) is 0 Å². The molecule has 0 bridgehead atoms. The van der Waals surface area contributed by atoms with Gasteiger partial charge < -0.3 is 24.7 Å². The van der Waals surface area contributed by atoms with Crippen molar-refractivity contribution in [2.45, 2.75) is 12.8 Å². The van der Waals surface area contributed by atoms with Gasteiger partial charge in [-0.1, -0.05) is 12.4 Å². The van der Waals surface area contributed by atoms with Crippen molar-refractivity contribution in [3.63, 3.8) is 0 Å². The van der Waals surface area contributed by atoms with Crippen LogP contribution < -0.4 is 19.6 Å². The normalized spacial score (nSPS) is 12.4. The van der Waals surface area contributed by atoms with E-state index >= 15 is 0 Å². The summed E-state index contributed by atoms with van der Waals surface area (Å²) in [5.41, 5.74) is 0. The molecule has 4 heterocycles. The second kappa shape index (κ2) is 11.0. The number of hydrogen-bond acceptors (Lipinski definition) is 9. The van der Waals surface area contributed by atoms with E-state index in [9.17, 15) is 0 Å². The predicted octanol–water partition coefficient (Wildman–Crippen LogP) is 2.90. The molecule has 1 radical (unpaired) electrons. The standard InChI is InChI=1S/C16H14N6OS4.Cu/c1(11-9-19-15(26-11)21-13-17-3-7-24-13)5-23-6-2-12-10-20-16(27-12)22-14-18-4-8-25-14;/h3-4,7-10H,1-2,5-6H2;/q-2;+2. The van der Waals surface area contributed by atoms with E-state index in [-0.39, 0.29) is 17.1 Å². The Kier molecular flexibility index (Phi) is 8.34. The molecule has 0 unspecified atom stereocenters. The molecule has 0 aromatic carbocycles. The molecule has 0 aliphatic carbocycles. The molecule has 7 nitrogen and oxygen atoms in total. The first-order valence-electron chi connectivity index (χ1n) is 8.05. The summed E-state index contributed by atoms with van der Waals surface area (Å²) in [6.07, 6.45) is 8.86. The van der Waals surface area contributed by atoms with Crippen LogP contribution in [0.15, 0.2) is 45.5 Å². The summed E-state index contributed by atoms with van der Waals surface area (Å²) < 4.78 is 5.75. The van der Waals surface area contributed by atoms with Crippen molar-refractivity contribution in [1.29, 1.82) is 0 Å². The van der Waals surface area contributed by atoms with Crippen LogP contribution in [-0.4, -0.2) is 23.2 Å². The summed E-state index contributed by atoms with van der Waals surface area (Å²) in [5.74, 6) is 0. The number of thiazole rings is 4. The Morgan fingerprint density at radius 3 is 2.54 bits per heavy atom. The van der Waals surface area contributed by atoms with Crippen LogP contribution in [0.1, 0.15) is 9.75 Å². The Morgan fingerprint density at radius 2 is 1.75 bits per heavy atom. The molecule has 0 aliphatic rings. The van der Waals surface area contributed by atoms with Crippen molar-refractivity contribution in [3.8, 4) is 0 Å². The summed E-state index contributed by atoms with van der Waals surface area (Å²) >= 11 is 6.15. The minimum Gasteiger partial charge on any atom is -0.433 e. The molecular weight excluding hydrogens is 484 g/mol. The van der Waals surface area contributed by atoms with Crippen LogP contribution in [0.2, 0.25) is 0 Å². The molecule has 0 saturated heterocycles. The van der Waals surface area contributed by atoms with Crippen LogP contribution in [0.3, 0.4) is 0 Å². The van der Waals surface area contributed by atoms with Gasteiger partial charge in [-0.25, -0.2) is 9.97 Å². The fourth-order valence-corrected chi connectivity index (χ4v) is 4.73. The van der Waals surface area contributed by atoms with E-state index in [4.69, 9.17) is 4.74 Å². The average molecular weight is 498 g/mol. The van der Waals surface area contributed by atoms with Gasteiger partial charge in [0.15, 0.2) is 0 Å². The first kappa shape index (κ1) is 21.3. The number of aromatic nitrogens is 4. The zero-order valence-electron chi connectivity index (χ0n) is 14.3. The van der Waals surface area contributed by atoms with Gasteiger partial charge in [0.05, 0.1) is 13.2 Å². The van der Waals surface area contributed by atoms with Gasteiger partial charge in [-0.2, -0.15) is 11.3 Å². The van der Waals surface area contributed by atoms with Crippen LogP contribution in [0.5, 0.6) is 0 Å². The minimum absolute atomic E-state index is 0. The first-order valence-corrected chi connectivity index (χ1v) is 11.4. The number of nitrogens with zero attached hydrogens (tertiary/aromatic N) is 6. The van der Waals surface area contributed by atoms with Gasteiger partial charge in [-0.15, -0.1) is 34.0 Å². The molecule has 4 rings (SSSR count). The first-order chi connectivity index (χ1) is 13.3. The average Bonchev–Trinajstić information content (AvgIpc) is 3.44. The smallest absolute Gasteiger partial charge is 0.433 e. The second-order valence-corrected chi connectivity index (χ2v) is 9.12. The van der Waals surface area contributed by atoms with Crippen LogP contribution in [-0.2, 0) is 34.6 Å². The Hall–Kier alpha value is -1.40. The molecule has 0 amide bonds. The molecule has 0 saturated carbocycles. The van der Waals surface area contributed by atoms with Crippen LogP contribution in [0.25, 0.3) is 0 Å². The summed E-state index contributed by atoms with van der Waals surface area (Å²) in [4.78, 5) is 29.5.